The van der Waals surface area contributed by atoms with E-state index in [0.29, 0.717) is 5.56 Å². The molecule has 0 radical (unpaired) electrons. The number of hydrogen-bond acceptors (Lipinski definition) is 2. The molecule has 3 rings (SSSR count). The zero-order chi connectivity index (χ0) is 19.8. The number of amides is 1. The lowest BCUT2D eigenvalue weighted by Crippen LogP contribution is -2.18. The highest BCUT2D eigenvalue weighted by Gasteiger charge is 2.15. The number of nitrogens with one attached hydrogen (secondary N) is 1. The smallest absolute Gasteiger partial charge is 0.274 e. The number of aryl methyl sites for hydroxylation is 1. The molecular formula is C23H28N2O2. The quantitative estimate of drug-likeness (QED) is 0.505. The van der Waals surface area contributed by atoms with Gasteiger partial charge >= 0.3 is 0 Å². The van der Waals surface area contributed by atoms with Gasteiger partial charge in [-0.05, 0) is 60.6 Å². The van der Waals surface area contributed by atoms with Gasteiger partial charge in [0.15, 0.2) is 0 Å². The highest BCUT2D eigenvalue weighted by Crippen LogP contribution is 2.29. The van der Waals surface area contributed by atoms with E-state index in [4.69, 9.17) is 5.21 Å². The Hall–Kier alpha value is -2.59. The van der Waals surface area contributed by atoms with E-state index >= 15 is 0 Å². The van der Waals surface area contributed by atoms with Crippen molar-refractivity contribution in [1.82, 2.24) is 10.0 Å². The van der Waals surface area contributed by atoms with E-state index in [0.717, 1.165) is 18.5 Å². The monoisotopic (exact) mass is 364 g/mol. The molecule has 3 aromatic rings. The number of hydrogen-bond donors (Lipinski definition) is 2. The molecule has 2 aromatic carbocycles. The van der Waals surface area contributed by atoms with Gasteiger partial charge in [-0.3, -0.25) is 10.0 Å². The number of rotatable bonds is 4. The molecular weight excluding hydrogens is 336 g/mol. The van der Waals surface area contributed by atoms with Gasteiger partial charge in [0.05, 0.1) is 0 Å². The largest absolute Gasteiger partial charge is 0.340 e. The molecule has 0 atom stereocenters. The van der Waals surface area contributed by atoms with E-state index in [1.807, 2.05) is 12.1 Å². The average molecular weight is 364 g/mol. The SMILES string of the molecule is Cc1c(C)n(Cc2ccc(C(=O)NO)cc2)c2cc(CC(C)(C)C)ccc12. The molecule has 0 bridgehead atoms. The van der Waals surface area contributed by atoms with Gasteiger partial charge in [0.2, 0.25) is 0 Å². The summed E-state index contributed by atoms with van der Waals surface area (Å²) in [7, 11) is 0. The van der Waals surface area contributed by atoms with Gasteiger partial charge in [-0.1, -0.05) is 45.0 Å². The van der Waals surface area contributed by atoms with E-state index in [1.165, 1.54) is 27.7 Å². The summed E-state index contributed by atoms with van der Waals surface area (Å²) >= 11 is 0. The van der Waals surface area contributed by atoms with Crippen LogP contribution in [0.4, 0.5) is 0 Å². The summed E-state index contributed by atoms with van der Waals surface area (Å²) in [5.74, 6) is -0.494. The molecule has 0 aliphatic carbocycles. The van der Waals surface area contributed by atoms with E-state index in [1.54, 1.807) is 17.6 Å². The van der Waals surface area contributed by atoms with Gasteiger partial charge in [0, 0.05) is 28.7 Å². The third-order valence-corrected chi connectivity index (χ3v) is 5.10. The Morgan fingerprint density at radius 1 is 1.04 bits per heavy atom. The predicted molar refractivity (Wildman–Crippen MR) is 109 cm³/mol. The van der Waals surface area contributed by atoms with Crippen molar-refractivity contribution in [3.05, 3.63) is 70.4 Å². The van der Waals surface area contributed by atoms with E-state index in [-0.39, 0.29) is 5.41 Å². The van der Waals surface area contributed by atoms with Crippen molar-refractivity contribution in [1.29, 1.82) is 0 Å². The van der Waals surface area contributed by atoms with Gasteiger partial charge in [-0.25, -0.2) is 5.48 Å². The summed E-state index contributed by atoms with van der Waals surface area (Å²) in [5.41, 5.74) is 8.65. The first kappa shape index (κ1) is 19.2. The van der Waals surface area contributed by atoms with Crippen molar-refractivity contribution in [2.45, 2.75) is 47.6 Å². The molecule has 4 heteroatoms. The Bertz CT molecular complexity index is 976. The second kappa shape index (κ2) is 7.20. The van der Waals surface area contributed by atoms with Crippen molar-refractivity contribution in [3.63, 3.8) is 0 Å². The highest BCUT2D eigenvalue weighted by atomic mass is 16.5. The average Bonchev–Trinajstić information content (AvgIpc) is 2.85. The van der Waals surface area contributed by atoms with E-state index in [2.05, 4.69) is 57.4 Å². The fourth-order valence-corrected chi connectivity index (χ4v) is 3.63. The molecule has 27 heavy (non-hydrogen) atoms. The molecule has 0 unspecified atom stereocenters. The van der Waals surface area contributed by atoms with E-state index < -0.39 is 5.91 Å². The van der Waals surface area contributed by atoms with Gasteiger partial charge in [0.25, 0.3) is 5.91 Å². The van der Waals surface area contributed by atoms with Crippen LogP contribution in [0.5, 0.6) is 0 Å². The molecule has 0 saturated heterocycles. The fourth-order valence-electron chi connectivity index (χ4n) is 3.63. The number of carbonyl (C=O) groups is 1. The van der Waals surface area contributed by atoms with Gasteiger partial charge in [-0.2, -0.15) is 0 Å². The number of fused-ring (bicyclic) bond motifs is 1. The zero-order valence-electron chi connectivity index (χ0n) is 16.8. The lowest BCUT2D eigenvalue weighted by molar-refractivity contribution is 0.0706. The Morgan fingerprint density at radius 3 is 2.26 bits per heavy atom. The number of nitrogens with zero attached hydrogens (tertiary/aromatic N) is 1. The first-order chi connectivity index (χ1) is 12.7. The van der Waals surface area contributed by atoms with E-state index in [9.17, 15) is 4.79 Å². The topological polar surface area (TPSA) is 54.3 Å². The summed E-state index contributed by atoms with van der Waals surface area (Å²) in [6.07, 6.45) is 1.04. The minimum absolute atomic E-state index is 0.248. The predicted octanol–water partition coefficient (Wildman–Crippen LogP) is 5.01. The Balaban J connectivity index is 1.98. The maximum absolute atomic E-state index is 11.5. The molecule has 4 nitrogen and oxygen atoms in total. The normalized spacial score (nSPS) is 11.8. The highest BCUT2D eigenvalue weighted by molar-refractivity contribution is 5.93. The molecule has 0 fully saturated rings. The van der Waals surface area contributed by atoms with Crippen molar-refractivity contribution < 1.29 is 10.0 Å². The van der Waals surface area contributed by atoms with Crippen molar-refractivity contribution in [2.24, 2.45) is 5.41 Å². The first-order valence-corrected chi connectivity index (χ1v) is 9.31. The molecule has 0 saturated carbocycles. The molecule has 0 aliphatic heterocycles. The van der Waals surface area contributed by atoms with Gasteiger partial charge in [0.1, 0.15) is 0 Å². The second-order valence-corrected chi connectivity index (χ2v) is 8.52. The maximum atomic E-state index is 11.5. The number of carbonyl (C=O) groups excluding carboxylic acids is 1. The van der Waals surface area contributed by atoms with Crippen LogP contribution >= 0.6 is 0 Å². The van der Waals surface area contributed by atoms with Crippen LogP contribution in [-0.2, 0) is 13.0 Å². The van der Waals surface area contributed by atoms with Gasteiger partial charge in [-0.15, -0.1) is 0 Å². The van der Waals surface area contributed by atoms with Crippen LogP contribution in [0.15, 0.2) is 42.5 Å². The first-order valence-electron chi connectivity index (χ1n) is 9.31. The summed E-state index contributed by atoms with van der Waals surface area (Å²) in [6, 6.07) is 14.1. The summed E-state index contributed by atoms with van der Waals surface area (Å²) < 4.78 is 2.35. The molecule has 1 amide bonds. The fraction of sp³-hybridized carbons (Fsp3) is 0.348. The number of hydroxylamine groups is 1. The molecule has 142 valence electrons. The van der Waals surface area contributed by atoms with Crippen LogP contribution in [0.1, 0.15) is 53.5 Å². The van der Waals surface area contributed by atoms with Crippen LogP contribution in [0.2, 0.25) is 0 Å². The van der Waals surface area contributed by atoms with Crippen molar-refractivity contribution in [2.75, 3.05) is 0 Å². The number of benzene rings is 2. The van der Waals surface area contributed by atoms with Crippen molar-refractivity contribution in [3.8, 4) is 0 Å². The molecule has 2 N–H and O–H groups in total. The third kappa shape index (κ3) is 4.06. The maximum Gasteiger partial charge on any atom is 0.274 e. The lowest BCUT2D eigenvalue weighted by Gasteiger charge is -2.18. The van der Waals surface area contributed by atoms with Crippen molar-refractivity contribution >= 4 is 16.8 Å². The lowest BCUT2D eigenvalue weighted by atomic mass is 9.88. The minimum atomic E-state index is -0.494. The Kier molecular flexibility index (Phi) is 5.11. The van der Waals surface area contributed by atoms with Crippen LogP contribution in [0.25, 0.3) is 10.9 Å². The van der Waals surface area contributed by atoms with Crippen LogP contribution < -0.4 is 5.48 Å². The Morgan fingerprint density at radius 2 is 1.67 bits per heavy atom. The Labute approximate surface area is 160 Å². The molecule has 1 aromatic heterocycles. The summed E-state index contributed by atoms with van der Waals surface area (Å²) in [6.45, 7) is 11.9. The van der Waals surface area contributed by atoms with Crippen LogP contribution in [-0.4, -0.2) is 15.7 Å². The van der Waals surface area contributed by atoms with Crippen LogP contribution in [0, 0.1) is 19.3 Å². The second-order valence-electron chi connectivity index (χ2n) is 8.52. The molecule has 0 aliphatic rings. The summed E-state index contributed by atoms with van der Waals surface area (Å²) in [4.78, 5) is 11.5. The number of aromatic nitrogens is 1. The summed E-state index contributed by atoms with van der Waals surface area (Å²) in [5, 5.41) is 10.0. The standard InChI is InChI=1S/C23H28N2O2/c1-15-16(2)25(14-17-6-9-19(10-7-17)22(26)24-27)21-12-18(8-11-20(15)21)13-23(3,4)5/h6-12,27H,13-14H2,1-5H3,(H,24,26). The van der Waals surface area contributed by atoms with Gasteiger partial charge < -0.3 is 4.57 Å². The molecule has 0 spiro atoms. The minimum Gasteiger partial charge on any atom is -0.340 e. The third-order valence-electron chi connectivity index (χ3n) is 5.10. The zero-order valence-corrected chi connectivity index (χ0v) is 16.8. The molecule has 1 heterocycles. The van der Waals surface area contributed by atoms with Crippen LogP contribution in [0.3, 0.4) is 0 Å².